The van der Waals surface area contributed by atoms with Gasteiger partial charge in [0.25, 0.3) is 0 Å². The molecular weight excluding hydrogens is 288 g/mol. The number of unbranched alkanes of at least 4 members (excludes halogenated alkanes) is 2. The lowest BCUT2D eigenvalue weighted by Crippen LogP contribution is -2.28. The van der Waals surface area contributed by atoms with Crippen LogP contribution in [-0.4, -0.2) is 17.7 Å². The van der Waals surface area contributed by atoms with Crippen LogP contribution in [0.5, 0.6) is 0 Å². The highest BCUT2D eigenvalue weighted by atomic mass is 16.5. The molecule has 1 aromatic rings. The highest BCUT2D eigenvalue weighted by Crippen LogP contribution is 2.32. The van der Waals surface area contributed by atoms with Crippen LogP contribution in [0.25, 0.3) is 0 Å². The first-order valence-corrected chi connectivity index (χ1v) is 8.28. The summed E-state index contributed by atoms with van der Waals surface area (Å²) in [6.45, 7) is 6.77. The molecule has 0 aliphatic carbocycles. The van der Waals surface area contributed by atoms with Crippen molar-refractivity contribution in [2.45, 2.75) is 45.6 Å². The summed E-state index contributed by atoms with van der Waals surface area (Å²) in [4.78, 5) is 11.8. The third-order valence-electron chi connectivity index (χ3n) is 3.92. The van der Waals surface area contributed by atoms with E-state index in [1.807, 2.05) is 36.4 Å². The monoisotopic (exact) mass is 316 g/mol. The second-order valence-corrected chi connectivity index (χ2v) is 5.81. The number of allylic oxidation sites excluding steroid dienone is 1. The first-order valence-electron chi connectivity index (χ1n) is 8.28. The molecule has 0 saturated carbocycles. The van der Waals surface area contributed by atoms with Crippen molar-refractivity contribution in [3.05, 3.63) is 60.7 Å². The number of carbonyl (C=O) groups is 1. The van der Waals surface area contributed by atoms with Gasteiger partial charge in [0.1, 0.15) is 0 Å². The standard InChI is InChI=1S/C20H28O3/c1-3-5-9-14-20(13-4-2,19(21)22)15-10-16-23-17-18-11-7-6-8-12-18/h4,6-8,10-12,15H,2-3,5,9,13-14,16-17H2,1H3,(H,21,22)/b15-10-/t20-/m1/s1. The fraction of sp³-hybridized carbons (Fsp3) is 0.450. The Kier molecular flexibility index (Phi) is 9.00. The average molecular weight is 316 g/mol. The minimum Gasteiger partial charge on any atom is -0.481 e. The smallest absolute Gasteiger partial charge is 0.313 e. The maximum atomic E-state index is 11.8. The number of aliphatic carboxylic acids is 1. The Labute approximate surface area is 139 Å². The van der Waals surface area contributed by atoms with Gasteiger partial charge >= 0.3 is 5.97 Å². The Bertz CT molecular complexity index is 493. The lowest BCUT2D eigenvalue weighted by molar-refractivity contribution is -0.146. The summed E-state index contributed by atoms with van der Waals surface area (Å²) in [6.07, 6.45) is 9.42. The summed E-state index contributed by atoms with van der Waals surface area (Å²) >= 11 is 0. The molecule has 1 aromatic carbocycles. The summed E-state index contributed by atoms with van der Waals surface area (Å²) in [7, 11) is 0. The Balaban J connectivity index is 2.56. The third kappa shape index (κ3) is 6.83. The molecule has 3 heteroatoms. The van der Waals surface area contributed by atoms with Crippen LogP contribution in [0.2, 0.25) is 0 Å². The maximum Gasteiger partial charge on any atom is 0.313 e. The topological polar surface area (TPSA) is 46.5 Å². The molecule has 0 radical (unpaired) electrons. The molecule has 0 bridgehead atoms. The summed E-state index contributed by atoms with van der Waals surface area (Å²) in [5, 5.41) is 9.65. The summed E-state index contributed by atoms with van der Waals surface area (Å²) in [5.41, 5.74) is 0.256. The Morgan fingerprint density at radius 2 is 2.04 bits per heavy atom. The zero-order chi connectivity index (χ0) is 17.0. The van der Waals surface area contributed by atoms with Gasteiger partial charge in [0.05, 0.1) is 18.6 Å². The fourth-order valence-electron chi connectivity index (χ4n) is 2.56. The minimum atomic E-state index is -0.854. The first kappa shape index (κ1) is 19.2. The van der Waals surface area contributed by atoms with Crippen molar-refractivity contribution in [3.8, 4) is 0 Å². The summed E-state index contributed by atoms with van der Waals surface area (Å²) < 4.78 is 5.59. The highest BCUT2D eigenvalue weighted by Gasteiger charge is 2.33. The van der Waals surface area contributed by atoms with Gasteiger partial charge in [0, 0.05) is 0 Å². The molecule has 0 aromatic heterocycles. The molecule has 1 rings (SSSR count). The van der Waals surface area contributed by atoms with Gasteiger partial charge in [-0.2, -0.15) is 0 Å². The van der Waals surface area contributed by atoms with Gasteiger partial charge in [0.15, 0.2) is 0 Å². The van der Waals surface area contributed by atoms with Crippen LogP contribution in [0.1, 0.15) is 44.6 Å². The number of hydrogen-bond acceptors (Lipinski definition) is 2. The molecule has 0 saturated heterocycles. The van der Waals surface area contributed by atoms with Gasteiger partial charge in [-0.15, -0.1) is 6.58 Å². The quantitative estimate of drug-likeness (QED) is 0.436. The largest absolute Gasteiger partial charge is 0.481 e. The van der Waals surface area contributed by atoms with E-state index in [4.69, 9.17) is 4.74 Å². The SMILES string of the molecule is C=CC[C@](/C=C\COCc1ccccc1)(CCCCC)C(=O)O. The van der Waals surface area contributed by atoms with Crippen molar-refractivity contribution in [2.24, 2.45) is 5.41 Å². The van der Waals surface area contributed by atoms with Gasteiger partial charge in [-0.1, -0.05) is 74.7 Å². The molecule has 0 aliphatic rings. The van der Waals surface area contributed by atoms with Crippen LogP contribution in [0.3, 0.4) is 0 Å². The Hall–Kier alpha value is -1.87. The molecule has 0 fully saturated rings. The molecule has 0 unspecified atom stereocenters. The van der Waals surface area contributed by atoms with E-state index < -0.39 is 11.4 Å². The molecular formula is C20H28O3. The lowest BCUT2D eigenvalue weighted by Gasteiger charge is -2.24. The average Bonchev–Trinajstić information content (AvgIpc) is 2.55. The van der Waals surface area contributed by atoms with Crippen molar-refractivity contribution in [1.82, 2.24) is 0 Å². The molecule has 0 heterocycles. The molecule has 0 aliphatic heterocycles. The molecule has 0 spiro atoms. The zero-order valence-corrected chi connectivity index (χ0v) is 14.0. The van der Waals surface area contributed by atoms with E-state index in [9.17, 15) is 9.90 Å². The van der Waals surface area contributed by atoms with E-state index in [1.54, 1.807) is 12.2 Å². The number of ether oxygens (including phenoxy) is 1. The second-order valence-electron chi connectivity index (χ2n) is 5.81. The third-order valence-corrected chi connectivity index (χ3v) is 3.92. The Morgan fingerprint density at radius 3 is 2.65 bits per heavy atom. The minimum absolute atomic E-state index is 0.412. The number of benzene rings is 1. The van der Waals surface area contributed by atoms with E-state index in [-0.39, 0.29) is 0 Å². The van der Waals surface area contributed by atoms with Crippen LogP contribution in [-0.2, 0) is 16.1 Å². The van der Waals surface area contributed by atoms with Gasteiger partial charge < -0.3 is 9.84 Å². The van der Waals surface area contributed by atoms with E-state index in [0.29, 0.717) is 26.1 Å². The van der Waals surface area contributed by atoms with Crippen molar-refractivity contribution in [1.29, 1.82) is 0 Å². The van der Waals surface area contributed by atoms with E-state index in [1.165, 1.54) is 0 Å². The van der Waals surface area contributed by atoms with Gasteiger partial charge in [-0.3, -0.25) is 4.79 Å². The molecule has 1 N–H and O–H groups in total. The van der Waals surface area contributed by atoms with E-state index in [2.05, 4.69) is 13.5 Å². The van der Waals surface area contributed by atoms with Crippen LogP contribution >= 0.6 is 0 Å². The fourth-order valence-corrected chi connectivity index (χ4v) is 2.56. The molecule has 0 amide bonds. The number of carboxylic acids is 1. The van der Waals surface area contributed by atoms with E-state index >= 15 is 0 Å². The molecule has 1 atom stereocenters. The number of hydrogen-bond donors (Lipinski definition) is 1. The first-order chi connectivity index (χ1) is 11.1. The zero-order valence-electron chi connectivity index (χ0n) is 14.0. The van der Waals surface area contributed by atoms with Crippen molar-refractivity contribution >= 4 is 5.97 Å². The Morgan fingerprint density at radius 1 is 1.30 bits per heavy atom. The van der Waals surface area contributed by atoms with Crippen molar-refractivity contribution in [3.63, 3.8) is 0 Å². The van der Waals surface area contributed by atoms with Crippen LogP contribution < -0.4 is 0 Å². The summed E-state index contributed by atoms with van der Waals surface area (Å²) in [6, 6.07) is 9.93. The molecule has 3 nitrogen and oxygen atoms in total. The summed E-state index contributed by atoms with van der Waals surface area (Å²) in [5.74, 6) is -0.784. The molecule has 23 heavy (non-hydrogen) atoms. The van der Waals surface area contributed by atoms with E-state index in [0.717, 1.165) is 24.8 Å². The van der Waals surface area contributed by atoms with Crippen LogP contribution in [0.4, 0.5) is 0 Å². The highest BCUT2D eigenvalue weighted by molar-refractivity contribution is 5.77. The van der Waals surface area contributed by atoms with Crippen LogP contribution in [0, 0.1) is 5.41 Å². The lowest BCUT2D eigenvalue weighted by atomic mass is 9.79. The van der Waals surface area contributed by atoms with Crippen molar-refractivity contribution < 1.29 is 14.6 Å². The molecule has 126 valence electrons. The van der Waals surface area contributed by atoms with Gasteiger partial charge in [-0.05, 0) is 18.4 Å². The predicted molar refractivity (Wildman–Crippen MR) is 94.3 cm³/mol. The normalized spacial score (nSPS) is 13.8. The van der Waals surface area contributed by atoms with Gasteiger partial charge in [0.2, 0.25) is 0 Å². The predicted octanol–water partition coefficient (Wildman–Crippen LogP) is 4.99. The number of rotatable bonds is 12. The van der Waals surface area contributed by atoms with Crippen LogP contribution in [0.15, 0.2) is 55.1 Å². The second kappa shape index (κ2) is 10.8. The maximum absolute atomic E-state index is 11.8. The number of carboxylic acid groups (broad SMARTS) is 1. The van der Waals surface area contributed by atoms with Gasteiger partial charge in [-0.25, -0.2) is 0 Å². The van der Waals surface area contributed by atoms with Crippen molar-refractivity contribution in [2.75, 3.05) is 6.61 Å².